The molecule has 0 saturated carbocycles. The molecule has 0 heterocycles. The Labute approximate surface area is 155 Å². The molecule has 0 aromatic heterocycles. The Bertz CT molecular complexity index is 604. The fraction of sp³-hybridized carbons (Fsp3) is 0.632. The zero-order valence-electron chi connectivity index (χ0n) is 15.8. The zero-order chi connectivity index (χ0) is 21.0. The standard InChI is InChI=1S/C19H25F6NO/c1-12(2)17(27)16(26(13(3)4)10-9-18(20,21)22)11-14-5-7-15(8-6-14)19(23,24)25/h5-8,12-13,16H,9-11H2,1-4H3/t16-/m0/s1. The molecule has 0 amide bonds. The van der Waals surface area contributed by atoms with Gasteiger partial charge in [-0.1, -0.05) is 26.0 Å². The SMILES string of the molecule is CC(C)C(=O)[C@H](Cc1ccc(C(F)(F)F)cc1)N(CCC(F)(F)F)C(C)C. The third kappa shape index (κ3) is 7.52. The second-order valence-corrected chi connectivity index (χ2v) is 7.17. The van der Waals surface area contributed by atoms with Crippen molar-refractivity contribution in [3.63, 3.8) is 0 Å². The van der Waals surface area contributed by atoms with Gasteiger partial charge in [-0.15, -0.1) is 0 Å². The summed E-state index contributed by atoms with van der Waals surface area (Å²) in [6.07, 6.45) is -9.82. The predicted molar refractivity (Wildman–Crippen MR) is 91.3 cm³/mol. The molecule has 0 N–H and O–H groups in total. The van der Waals surface area contributed by atoms with Crippen LogP contribution in [-0.2, 0) is 17.4 Å². The minimum absolute atomic E-state index is 0.0607. The molecule has 1 aromatic carbocycles. The van der Waals surface area contributed by atoms with Crippen molar-refractivity contribution in [3.05, 3.63) is 35.4 Å². The van der Waals surface area contributed by atoms with Gasteiger partial charge in [-0.05, 0) is 38.0 Å². The number of carbonyl (C=O) groups is 1. The molecular formula is C19H25F6NO. The number of ketones is 1. The number of Topliss-reactive ketones (excluding diaryl/α,β-unsaturated/α-hetero) is 1. The fourth-order valence-corrected chi connectivity index (χ4v) is 2.85. The highest BCUT2D eigenvalue weighted by molar-refractivity contribution is 5.86. The lowest BCUT2D eigenvalue weighted by Gasteiger charge is -2.35. The van der Waals surface area contributed by atoms with Crippen LogP contribution in [0.1, 0.15) is 45.2 Å². The summed E-state index contributed by atoms with van der Waals surface area (Å²) in [4.78, 5) is 14.1. The summed E-state index contributed by atoms with van der Waals surface area (Å²) in [5.74, 6) is -0.637. The molecule has 2 nitrogen and oxygen atoms in total. The summed E-state index contributed by atoms with van der Waals surface area (Å²) in [5, 5.41) is 0. The van der Waals surface area contributed by atoms with E-state index in [0.717, 1.165) is 12.1 Å². The van der Waals surface area contributed by atoms with Crippen LogP contribution in [0.5, 0.6) is 0 Å². The van der Waals surface area contributed by atoms with Crippen LogP contribution < -0.4 is 0 Å². The van der Waals surface area contributed by atoms with Gasteiger partial charge >= 0.3 is 12.4 Å². The molecule has 0 radical (unpaired) electrons. The van der Waals surface area contributed by atoms with E-state index in [9.17, 15) is 31.1 Å². The van der Waals surface area contributed by atoms with Crippen LogP contribution in [0.15, 0.2) is 24.3 Å². The van der Waals surface area contributed by atoms with Crippen LogP contribution in [-0.4, -0.2) is 35.5 Å². The minimum atomic E-state index is -4.47. The van der Waals surface area contributed by atoms with Crippen LogP contribution >= 0.6 is 0 Å². The first-order valence-corrected chi connectivity index (χ1v) is 8.74. The van der Waals surface area contributed by atoms with Gasteiger partial charge in [0.2, 0.25) is 0 Å². The number of hydrogen-bond acceptors (Lipinski definition) is 2. The highest BCUT2D eigenvalue weighted by Crippen LogP contribution is 2.30. The maximum absolute atomic E-state index is 12.7. The second-order valence-electron chi connectivity index (χ2n) is 7.17. The number of hydrogen-bond donors (Lipinski definition) is 0. The Morgan fingerprint density at radius 3 is 1.85 bits per heavy atom. The predicted octanol–water partition coefficient (Wildman–Crippen LogP) is 5.50. The Morgan fingerprint density at radius 1 is 0.963 bits per heavy atom. The molecule has 1 atom stereocenters. The molecule has 0 unspecified atom stereocenters. The summed E-state index contributed by atoms with van der Waals surface area (Å²) in [5.41, 5.74) is -0.338. The van der Waals surface area contributed by atoms with Gasteiger partial charge in [0, 0.05) is 18.5 Å². The van der Waals surface area contributed by atoms with Crippen molar-refractivity contribution in [2.45, 2.75) is 65.0 Å². The quantitative estimate of drug-likeness (QED) is 0.540. The van der Waals surface area contributed by atoms with Crippen molar-refractivity contribution in [1.82, 2.24) is 4.90 Å². The first kappa shape index (κ1) is 23.5. The monoisotopic (exact) mass is 397 g/mol. The van der Waals surface area contributed by atoms with Crippen LogP contribution in [0.3, 0.4) is 0 Å². The Balaban J connectivity index is 3.10. The number of rotatable bonds is 8. The van der Waals surface area contributed by atoms with Gasteiger partial charge in [0.25, 0.3) is 0 Å². The smallest absolute Gasteiger partial charge is 0.298 e. The molecule has 0 spiro atoms. The van der Waals surface area contributed by atoms with Gasteiger partial charge < -0.3 is 0 Å². The minimum Gasteiger partial charge on any atom is -0.298 e. The molecular weight excluding hydrogens is 372 g/mol. The van der Waals surface area contributed by atoms with E-state index in [-0.39, 0.29) is 24.8 Å². The van der Waals surface area contributed by atoms with E-state index in [1.54, 1.807) is 27.7 Å². The average molecular weight is 397 g/mol. The summed E-state index contributed by atoms with van der Waals surface area (Å²) in [6.45, 7) is 6.37. The lowest BCUT2D eigenvalue weighted by molar-refractivity contribution is -0.144. The molecule has 27 heavy (non-hydrogen) atoms. The van der Waals surface area contributed by atoms with E-state index in [2.05, 4.69) is 0 Å². The molecule has 154 valence electrons. The van der Waals surface area contributed by atoms with E-state index < -0.39 is 36.3 Å². The third-order valence-corrected chi connectivity index (χ3v) is 4.32. The Kier molecular flexibility index (Phi) is 7.89. The van der Waals surface area contributed by atoms with Crippen LogP contribution in [0.25, 0.3) is 0 Å². The molecule has 0 fully saturated rings. The highest BCUT2D eigenvalue weighted by atomic mass is 19.4. The number of benzene rings is 1. The van der Waals surface area contributed by atoms with E-state index in [4.69, 9.17) is 0 Å². The van der Waals surface area contributed by atoms with Crippen LogP contribution in [0.4, 0.5) is 26.3 Å². The highest BCUT2D eigenvalue weighted by Gasteiger charge is 2.34. The van der Waals surface area contributed by atoms with Gasteiger partial charge in [-0.2, -0.15) is 26.3 Å². The van der Waals surface area contributed by atoms with Gasteiger partial charge in [0.1, 0.15) is 0 Å². The molecule has 0 aliphatic heterocycles. The molecule has 8 heteroatoms. The summed E-state index contributed by atoms with van der Waals surface area (Å²) < 4.78 is 76.1. The van der Waals surface area contributed by atoms with Crippen molar-refractivity contribution in [2.75, 3.05) is 6.54 Å². The summed E-state index contributed by atoms with van der Waals surface area (Å²) in [7, 11) is 0. The number of carbonyl (C=O) groups excluding carboxylic acids is 1. The lowest BCUT2D eigenvalue weighted by atomic mass is 9.93. The Hall–Kier alpha value is -1.57. The van der Waals surface area contributed by atoms with Gasteiger partial charge in [0.15, 0.2) is 5.78 Å². The lowest BCUT2D eigenvalue weighted by Crippen LogP contribution is -2.49. The first-order chi connectivity index (χ1) is 12.2. The molecule has 0 bridgehead atoms. The molecule has 1 aromatic rings. The topological polar surface area (TPSA) is 20.3 Å². The number of alkyl halides is 6. The normalized spacial score (nSPS) is 14.3. The van der Waals surface area contributed by atoms with Crippen molar-refractivity contribution in [2.24, 2.45) is 5.92 Å². The van der Waals surface area contributed by atoms with E-state index in [1.165, 1.54) is 17.0 Å². The largest absolute Gasteiger partial charge is 0.416 e. The fourth-order valence-electron chi connectivity index (χ4n) is 2.85. The van der Waals surface area contributed by atoms with Crippen LogP contribution in [0, 0.1) is 5.92 Å². The van der Waals surface area contributed by atoms with Crippen molar-refractivity contribution in [1.29, 1.82) is 0 Å². The zero-order valence-corrected chi connectivity index (χ0v) is 15.8. The third-order valence-electron chi connectivity index (χ3n) is 4.32. The van der Waals surface area contributed by atoms with E-state index in [0.29, 0.717) is 5.56 Å². The Morgan fingerprint density at radius 2 is 1.48 bits per heavy atom. The van der Waals surface area contributed by atoms with Crippen LogP contribution in [0.2, 0.25) is 0 Å². The molecule has 0 saturated heterocycles. The maximum atomic E-state index is 12.7. The van der Waals surface area contributed by atoms with Gasteiger partial charge in [0.05, 0.1) is 18.0 Å². The van der Waals surface area contributed by atoms with E-state index >= 15 is 0 Å². The second kappa shape index (κ2) is 9.08. The number of nitrogens with zero attached hydrogens (tertiary/aromatic N) is 1. The molecule has 0 aliphatic carbocycles. The summed E-state index contributed by atoms with van der Waals surface area (Å²) in [6, 6.07) is 3.22. The van der Waals surface area contributed by atoms with Gasteiger partial charge in [-0.25, -0.2) is 0 Å². The van der Waals surface area contributed by atoms with Crippen molar-refractivity contribution >= 4 is 5.78 Å². The van der Waals surface area contributed by atoms with Crippen molar-refractivity contribution in [3.8, 4) is 0 Å². The molecule has 0 aliphatic rings. The van der Waals surface area contributed by atoms with E-state index in [1.807, 2.05) is 0 Å². The summed E-state index contributed by atoms with van der Waals surface area (Å²) >= 11 is 0. The van der Waals surface area contributed by atoms with Crippen molar-refractivity contribution < 1.29 is 31.1 Å². The maximum Gasteiger partial charge on any atom is 0.416 e. The molecule has 1 rings (SSSR count). The van der Waals surface area contributed by atoms with Gasteiger partial charge in [-0.3, -0.25) is 9.69 Å². The average Bonchev–Trinajstić information content (AvgIpc) is 2.51. The first-order valence-electron chi connectivity index (χ1n) is 8.74. The number of halogens is 6.